The van der Waals surface area contributed by atoms with Gasteiger partial charge in [0.2, 0.25) is 10.0 Å². The predicted octanol–water partition coefficient (Wildman–Crippen LogP) is 3.49. The van der Waals surface area contributed by atoms with Crippen LogP contribution >= 0.6 is 0 Å². The number of nitrogens with zero attached hydrogens (tertiary/aromatic N) is 1. The zero-order valence-corrected chi connectivity index (χ0v) is 17.1. The number of aryl methyl sites for hydroxylation is 1. The zero-order valence-electron chi connectivity index (χ0n) is 16.3. The molecule has 0 radical (unpaired) electrons. The fraction of sp³-hybridized carbons (Fsp3) is 0.632. The van der Waals surface area contributed by atoms with Gasteiger partial charge in [0, 0.05) is 18.7 Å². The molecule has 0 atom stereocenters. The van der Waals surface area contributed by atoms with Gasteiger partial charge >= 0.3 is 0 Å². The number of hydrogen-bond donors (Lipinski definition) is 1. The predicted molar refractivity (Wildman–Crippen MR) is 102 cm³/mol. The van der Waals surface area contributed by atoms with E-state index >= 15 is 0 Å². The molecular formula is C19H32N2O3S. The van der Waals surface area contributed by atoms with E-state index in [1.165, 1.54) is 6.07 Å². The lowest BCUT2D eigenvalue weighted by atomic mass is 10.0. The summed E-state index contributed by atoms with van der Waals surface area (Å²) in [7, 11) is -3.86. The fourth-order valence-corrected chi connectivity index (χ4v) is 3.45. The zero-order chi connectivity index (χ0) is 19.4. The first-order valence-electron chi connectivity index (χ1n) is 8.86. The third-order valence-electron chi connectivity index (χ3n) is 4.41. The van der Waals surface area contributed by atoms with Gasteiger partial charge in [-0.1, -0.05) is 27.7 Å². The SMILES string of the molecule is Cc1cc(C(=O)N(CCC(C)C)CCC(C)C)cc(S(N)(=O)=O)c1C. The molecule has 0 heterocycles. The summed E-state index contributed by atoms with van der Waals surface area (Å²) in [4.78, 5) is 14.9. The van der Waals surface area contributed by atoms with Crippen molar-refractivity contribution >= 4 is 15.9 Å². The number of amides is 1. The van der Waals surface area contributed by atoms with Crippen LogP contribution in [0.2, 0.25) is 0 Å². The number of benzene rings is 1. The maximum absolute atomic E-state index is 13.0. The second kappa shape index (κ2) is 8.81. The van der Waals surface area contributed by atoms with Gasteiger partial charge < -0.3 is 4.90 Å². The van der Waals surface area contributed by atoms with Crippen LogP contribution in [0.5, 0.6) is 0 Å². The molecule has 0 aliphatic heterocycles. The third-order valence-corrected chi connectivity index (χ3v) is 5.45. The molecule has 0 bridgehead atoms. The lowest BCUT2D eigenvalue weighted by Crippen LogP contribution is -2.34. The number of rotatable bonds is 8. The molecule has 1 rings (SSSR count). The van der Waals surface area contributed by atoms with Crippen LogP contribution < -0.4 is 5.14 Å². The van der Waals surface area contributed by atoms with Gasteiger partial charge in [-0.25, -0.2) is 13.6 Å². The van der Waals surface area contributed by atoms with Crippen molar-refractivity contribution in [2.24, 2.45) is 17.0 Å². The molecule has 0 aliphatic carbocycles. The Balaban J connectivity index is 3.20. The average molecular weight is 369 g/mol. The number of primary sulfonamides is 1. The summed E-state index contributed by atoms with van der Waals surface area (Å²) in [6.45, 7) is 13.3. The van der Waals surface area contributed by atoms with E-state index in [2.05, 4.69) is 27.7 Å². The molecule has 6 heteroatoms. The van der Waals surface area contributed by atoms with Crippen LogP contribution in [-0.4, -0.2) is 32.3 Å². The standard InChI is InChI=1S/C19H32N2O3S/c1-13(2)7-9-21(10-8-14(3)4)19(22)17-11-15(5)16(6)18(12-17)25(20,23)24/h11-14H,7-10H2,1-6H3,(H2,20,23,24). The van der Waals surface area contributed by atoms with E-state index in [0.29, 0.717) is 36.1 Å². The van der Waals surface area contributed by atoms with E-state index < -0.39 is 10.0 Å². The molecule has 142 valence electrons. The van der Waals surface area contributed by atoms with Crippen LogP contribution in [0.4, 0.5) is 0 Å². The fourth-order valence-electron chi connectivity index (χ4n) is 2.57. The van der Waals surface area contributed by atoms with Gasteiger partial charge in [0.05, 0.1) is 4.90 Å². The van der Waals surface area contributed by atoms with E-state index in [4.69, 9.17) is 5.14 Å². The van der Waals surface area contributed by atoms with Crippen LogP contribution in [-0.2, 0) is 10.0 Å². The lowest BCUT2D eigenvalue weighted by molar-refractivity contribution is 0.0740. The maximum Gasteiger partial charge on any atom is 0.253 e. The van der Waals surface area contributed by atoms with Crippen LogP contribution in [0.15, 0.2) is 17.0 Å². The smallest absolute Gasteiger partial charge is 0.253 e. The minimum Gasteiger partial charge on any atom is -0.339 e. The van der Waals surface area contributed by atoms with Crippen molar-refractivity contribution in [2.45, 2.75) is 59.3 Å². The van der Waals surface area contributed by atoms with E-state index in [9.17, 15) is 13.2 Å². The monoisotopic (exact) mass is 368 g/mol. The largest absolute Gasteiger partial charge is 0.339 e. The van der Waals surface area contributed by atoms with Crippen molar-refractivity contribution in [3.05, 3.63) is 28.8 Å². The molecule has 0 spiro atoms. The molecule has 25 heavy (non-hydrogen) atoms. The Labute approximate surface area is 152 Å². The van der Waals surface area contributed by atoms with E-state index in [1.54, 1.807) is 19.9 Å². The molecule has 1 aromatic carbocycles. The van der Waals surface area contributed by atoms with Gasteiger partial charge in [-0.15, -0.1) is 0 Å². The first kappa shape index (κ1) is 21.6. The second-order valence-corrected chi connectivity index (χ2v) is 9.15. The Kier molecular flexibility index (Phi) is 7.62. The van der Waals surface area contributed by atoms with Gasteiger partial charge in [-0.2, -0.15) is 0 Å². The molecule has 0 aliphatic rings. The van der Waals surface area contributed by atoms with Crippen LogP contribution in [0.1, 0.15) is 62.0 Å². The topological polar surface area (TPSA) is 80.5 Å². The quantitative estimate of drug-likeness (QED) is 0.763. The van der Waals surface area contributed by atoms with Gasteiger partial charge in [0.1, 0.15) is 0 Å². The van der Waals surface area contributed by atoms with Gasteiger partial charge in [-0.05, 0) is 61.8 Å². The highest BCUT2D eigenvalue weighted by atomic mass is 32.2. The molecule has 1 amide bonds. The molecule has 1 aromatic rings. The van der Waals surface area contributed by atoms with Gasteiger partial charge in [0.25, 0.3) is 5.91 Å². The van der Waals surface area contributed by atoms with Crippen LogP contribution in [0.25, 0.3) is 0 Å². The normalized spacial score (nSPS) is 12.0. The van der Waals surface area contributed by atoms with Crippen molar-refractivity contribution in [3.8, 4) is 0 Å². The Morgan fingerprint density at radius 3 is 1.92 bits per heavy atom. The Morgan fingerprint density at radius 2 is 1.52 bits per heavy atom. The van der Waals surface area contributed by atoms with Crippen molar-refractivity contribution in [2.75, 3.05) is 13.1 Å². The Morgan fingerprint density at radius 1 is 1.04 bits per heavy atom. The highest BCUT2D eigenvalue weighted by Crippen LogP contribution is 2.22. The van der Waals surface area contributed by atoms with E-state index in [1.807, 2.05) is 4.90 Å². The van der Waals surface area contributed by atoms with Crippen molar-refractivity contribution in [3.63, 3.8) is 0 Å². The first-order valence-corrected chi connectivity index (χ1v) is 10.4. The van der Waals surface area contributed by atoms with Gasteiger partial charge in [-0.3, -0.25) is 4.79 Å². The van der Waals surface area contributed by atoms with Crippen LogP contribution in [0.3, 0.4) is 0 Å². The molecule has 2 N–H and O–H groups in total. The van der Waals surface area contributed by atoms with Crippen molar-refractivity contribution < 1.29 is 13.2 Å². The highest BCUT2D eigenvalue weighted by Gasteiger charge is 2.21. The summed E-state index contributed by atoms with van der Waals surface area (Å²) < 4.78 is 23.7. The number of sulfonamides is 1. The molecule has 5 nitrogen and oxygen atoms in total. The highest BCUT2D eigenvalue weighted by molar-refractivity contribution is 7.89. The number of carbonyl (C=O) groups excluding carboxylic acids is 1. The molecule has 0 aromatic heterocycles. The van der Waals surface area contributed by atoms with E-state index in [0.717, 1.165) is 18.4 Å². The summed E-state index contributed by atoms with van der Waals surface area (Å²) >= 11 is 0. The number of hydrogen-bond acceptors (Lipinski definition) is 3. The first-order chi connectivity index (χ1) is 11.4. The minimum absolute atomic E-state index is 0.0310. The molecule has 0 unspecified atom stereocenters. The summed E-state index contributed by atoms with van der Waals surface area (Å²) in [6.07, 6.45) is 1.83. The third kappa shape index (κ3) is 6.44. The average Bonchev–Trinajstić information content (AvgIpc) is 2.47. The second-order valence-electron chi connectivity index (χ2n) is 7.62. The minimum atomic E-state index is -3.86. The van der Waals surface area contributed by atoms with Crippen LogP contribution in [0, 0.1) is 25.7 Å². The summed E-state index contributed by atoms with van der Waals surface area (Å²) in [6, 6.07) is 3.17. The van der Waals surface area contributed by atoms with Crippen molar-refractivity contribution in [1.82, 2.24) is 4.90 Å². The summed E-state index contributed by atoms with van der Waals surface area (Å²) in [5.74, 6) is 0.859. The summed E-state index contributed by atoms with van der Waals surface area (Å²) in [5.41, 5.74) is 1.73. The van der Waals surface area contributed by atoms with E-state index in [-0.39, 0.29) is 10.8 Å². The summed E-state index contributed by atoms with van der Waals surface area (Å²) in [5, 5.41) is 5.32. The lowest BCUT2D eigenvalue weighted by Gasteiger charge is -2.25. The Bertz CT molecular complexity index is 698. The van der Waals surface area contributed by atoms with Gasteiger partial charge in [0.15, 0.2) is 0 Å². The molecule has 0 saturated carbocycles. The molecule has 0 fully saturated rings. The molecular weight excluding hydrogens is 336 g/mol. The number of nitrogens with two attached hydrogens (primary N) is 1. The van der Waals surface area contributed by atoms with Crippen molar-refractivity contribution in [1.29, 1.82) is 0 Å². The Hall–Kier alpha value is -1.40. The maximum atomic E-state index is 13.0. The molecule has 0 saturated heterocycles. The number of carbonyl (C=O) groups is 1.